The summed E-state index contributed by atoms with van der Waals surface area (Å²) in [4.78, 5) is 33.6. The van der Waals surface area contributed by atoms with Gasteiger partial charge in [-0.05, 0) is 37.5 Å². The molecule has 0 fully saturated rings. The van der Waals surface area contributed by atoms with Crippen molar-refractivity contribution in [1.82, 2.24) is 5.32 Å². The topological polar surface area (TPSA) is 104 Å². The van der Waals surface area contributed by atoms with Crippen LogP contribution in [-0.2, 0) is 9.59 Å². The first-order chi connectivity index (χ1) is 9.81. The largest absolute Gasteiger partial charge is 0.481 e. The Hall–Kier alpha value is -2.08. The second-order valence-electron chi connectivity index (χ2n) is 4.61. The van der Waals surface area contributed by atoms with E-state index in [4.69, 9.17) is 21.8 Å². The lowest BCUT2D eigenvalue weighted by atomic mass is 10.1. The van der Waals surface area contributed by atoms with Crippen molar-refractivity contribution in [2.75, 3.05) is 0 Å². The molecular weight excluding hydrogens is 298 g/mol. The van der Waals surface area contributed by atoms with Gasteiger partial charge in [0.2, 0.25) is 0 Å². The van der Waals surface area contributed by atoms with Crippen molar-refractivity contribution in [3.8, 4) is 0 Å². The molecule has 0 bridgehead atoms. The van der Waals surface area contributed by atoms with Gasteiger partial charge in [-0.15, -0.1) is 0 Å². The minimum atomic E-state index is -1.20. The molecule has 1 amide bonds. The Morgan fingerprint density at radius 1 is 1.29 bits per heavy atom. The van der Waals surface area contributed by atoms with Crippen LogP contribution in [0.25, 0.3) is 0 Å². The van der Waals surface area contributed by atoms with Crippen LogP contribution in [-0.4, -0.2) is 34.1 Å². The molecule has 21 heavy (non-hydrogen) atoms. The van der Waals surface area contributed by atoms with Gasteiger partial charge in [0.05, 0.1) is 0 Å². The summed E-state index contributed by atoms with van der Waals surface area (Å²) in [5.74, 6) is -2.75. The molecule has 0 radical (unpaired) electrons. The quantitative estimate of drug-likeness (QED) is 0.715. The van der Waals surface area contributed by atoms with Crippen LogP contribution in [0.4, 0.5) is 0 Å². The number of rotatable bonds is 7. The first-order valence-corrected chi connectivity index (χ1v) is 6.70. The first kappa shape index (κ1) is 17.0. The summed E-state index contributed by atoms with van der Waals surface area (Å²) in [7, 11) is 0. The van der Waals surface area contributed by atoms with Gasteiger partial charge in [0.15, 0.2) is 0 Å². The van der Waals surface area contributed by atoms with Crippen molar-refractivity contribution in [2.45, 2.75) is 32.2 Å². The minimum Gasteiger partial charge on any atom is -0.481 e. The molecule has 7 heteroatoms. The number of halogens is 1. The van der Waals surface area contributed by atoms with E-state index in [1.807, 2.05) is 0 Å². The summed E-state index contributed by atoms with van der Waals surface area (Å²) in [5, 5.41) is 20.4. The zero-order valence-electron chi connectivity index (χ0n) is 11.4. The van der Waals surface area contributed by atoms with Crippen LogP contribution in [0, 0.1) is 6.92 Å². The van der Waals surface area contributed by atoms with Gasteiger partial charge in [-0.2, -0.15) is 0 Å². The highest BCUT2D eigenvalue weighted by molar-refractivity contribution is 6.31. The van der Waals surface area contributed by atoms with Crippen LogP contribution >= 0.6 is 11.6 Å². The predicted octanol–water partition coefficient (Wildman–Crippen LogP) is 2.09. The number of carbonyl (C=O) groups is 3. The molecule has 6 nitrogen and oxygen atoms in total. The lowest BCUT2D eigenvalue weighted by molar-refractivity contribution is -0.140. The smallest absolute Gasteiger partial charge is 0.326 e. The third-order valence-electron chi connectivity index (χ3n) is 2.93. The van der Waals surface area contributed by atoms with E-state index in [9.17, 15) is 14.4 Å². The highest BCUT2D eigenvalue weighted by atomic mass is 35.5. The van der Waals surface area contributed by atoms with Crippen LogP contribution in [0.1, 0.15) is 35.2 Å². The van der Waals surface area contributed by atoms with Gasteiger partial charge in [0, 0.05) is 17.0 Å². The minimum absolute atomic E-state index is 0.0486. The van der Waals surface area contributed by atoms with Crippen molar-refractivity contribution in [3.63, 3.8) is 0 Å². The lowest BCUT2D eigenvalue weighted by Crippen LogP contribution is -2.41. The molecular formula is C14H16ClNO5. The Balaban J connectivity index is 2.74. The molecule has 3 N–H and O–H groups in total. The fraction of sp³-hybridized carbons (Fsp3) is 0.357. The van der Waals surface area contributed by atoms with Crippen LogP contribution in [0.15, 0.2) is 18.2 Å². The van der Waals surface area contributed by atoms with E-state index in [1.54, 1.807) is 19.1 Å². The molecule has 0 unspecified atom stereocenters. The maximum Gasteiger partial charge on any atom is 0.326 e. The second kappa shape index (κ2) is 7.64. The molecule has 0 aliphatic rings. The number of amides is 1. The highest BCUT2D eigenvalue weighted by Crippen LogP contribution is 2.15. The van der Waals surface area contributed by atoms with Gasteiger partial charge in [-0.3, -0.25) is 9.59 Å². The number of benzene rings is 1. The van der Waals surface area contributed by atoms with E-state index in [-0.39, 0.29) is 19.3 Å². The molecule has 1 aromatic rings. The first-order valence-electron chi connectivity index (χ1n) is 6.33. The third-order valence-corrected chi connectivity index (χ3v) is 3.17. The monoisotopic (exact) mass is 313 g/mol. The maximum absolute atomic E-state index is 12.1. The summed E-state index contributed by atoms with van der Waals surface area (Å²) < 4.78 is 0. The van der Waals surface area contributed by atoms with E-state index >= 15 is 0 Å². The molecule has 0 saturated carbocycles. The van der Waals surface area contributed by atoms with E-state index in [2.05, 4.69) is 5.32 Å². The van der Waals surface area contributed by atoms with E-state index in [0.29, 0.717) is 16.1 Å². The van der Waals surface area contributed by atoms with Crippen molar-refractivity contribution in [3.05, 3.63) is 34.3 Å². The SMILES string of the molecule is Cc1ccc(Cl)cc1C(=O)N[C@H](CCCC(=O)O)C(=O)O. The molecule has 1 aromatic carbocycles. The zero-order chi connectivity index (χ0) is 16.0. The number of carbonyl (C=O) groups excluding carboxylic acids is 1. The molecule has 0 heterocycles. The van der Waals surface area contributed by atoms with Crippen LogP contribution < -0.4 is 5.32 Å². The molecule has 1 rings (SSSR count). The fourth-order valence-corrected chi connectivity index (χ4v) is 1.96. The van der Waals surface area contributed by atoms with Gasteiger partial charge in [0.1, 0.15) is 6.04 Å². The van der Waals surface area contributed by atoms with E-state index in [0.717, 1.165) is 0 Å². The number of aliphatic carboxylic acids is 2. The summed E-state index contributed by atoms with van der Waals surface area (Å²) in [6.07, 6.45) is 0.0734. The molecule has 1 atom stereocenters. The average molecular weight is 314 g/mol. The van der Waals surface area contributed by atoms with E-state index in [1.165, 1.54) is 6.07 Å². The summed E-state index contributed by atoms with van der Waals surface area (Å²) in [5.41, 5.74) is 0.971. The normalized spacial score (nSPS) is 11.7. The number of nitrogens with one attached hydrogen (secondary N) is 1. The van der Waals surface area contributed by atoms with Crippen molar-refractivity contribution < 1.29 is 24.6 Å². The lowest BCUT2D eigenvalue weighted by Gasteiger charge is -2.15. The molecule has 0 saturated heterocycles. The Labute approximate surface area is 126 Å². The van der Waals surface area contributed by atoms with Crippen LogP contribution in [0.5, 0.6) is 0 Å². The highest BCUT2D eigenvalue weighted by Gasteiger charge is 2.21. The summed E-state index contributed by atoms with van der Waals surface area (Å²) in [6.45, 7) is 1.71. The third kappa shape index (κ3) is 5.43. The van der Waals surface area contributed by atoms with Crippen LogP contribution in [0.2, 0.25) is 5.02 Å². The van der Waals surface area contributed by atoms with Gasteiger partial charge in [0.25, 0.3) is 5.91 Å². The summed E-state index contributed by atoms with van der Waals surface area (Å²) >= 11 is 5.82. The Morgan fingerprint density at radius 3 is 2.52 bits per heavy atom. The molecule has 114 valence electrons. The van der Waals surface area contributed by atoms with Crippen molar-refractivity contribution in [2.24, 2.45) is 0 Å². The number of carboxylic acids is 2. The Kier molecular flexibility index (Phi) is 6.17. The van der Waals surface area contributed by atoms with Gasteiger partial charge >= 0.3 is 11.9 Å². The van der Waals surface area contributed by atoms with Gasteiger partial charge in [-0.1, -0.05) is 17.7 Å². The predicted molar refractivity (Wildman–Crippen MR) is 76.6 cm³/mol. The zero-order valence-corrected chi connectivity index (χ0v) is 12.2. The standard InChI is InChI=1S/C14H16ClNO5/c1-8-5-6-9(15)7-10(8)13(19)16-11(14(20)21)3-2-4-12(17)18/h5-7,11H,2-4H2,1H3,(H,16,19)(H,17,18)(H,20,21)/t11-/m1/s1. The average Bonchev–Trinajstić information content (AvgIpc) is 2.39. The molecule has 0 aliphatic heterocycles. The maximum atomic E-state index is 12.1. The van der Waals surface area contributed by atoms with E-state index < -0.39 is 23.9 Å². The number of hydrogen-bond donors (Lipinski definition) is 3. The molecule has 0 aromatic heterocycles. The number of carboxylic acid groups (broad SMARTS) is 2. The molecule has 0 spiro atoms. The second-order valence-corrected chi connectivity index (χ2v) is 5.05. The van der Waals surface area contributed by atoms with Gasteiger partial charge < -0.3 is 15.5 Å². The Bertz CT molecular complexity index is 558. The van der Waals surface area contributed by atoms with Gasteiger partial charge in [-0.25, -0.2) is 4.79 Å². The fourth-order valence-electron chi connectivity index (χ4n) is 1.79. The number of hydrogen-bond acceptors (Lipinski definition) is 3. The van der Waals surface area contributed by atoms with Crippen molar-refractivity contribution >= 4 is 29.4 Å². The van der Waals surface area contributed by atoms with Crippen molar-refractivity contribution in [1.29, 1.82) is 0 Å². The Morgan fingerprint density at radius 2 is 1.95 bits per heavy atom. The molecule has 0 aliphatic carbocycles. The van der Waals surface area contributed by atoms with Crippen LogP contribution in [0.3, 0.4) is 0 Å². The number of aryl methyl sites for hydroxylation is 1. The summed E-state index contributed by atoms with van der Waals surface area (Å²) in [6, 6.07) is 3.63.